The van der Waals surface area contributed by atoms with E-state index in [4.69, 9.17) is 4.89 Å². The summed E-state index contributed by atoms with van der Waals surface area (Å²) in [5, 5.41) is 11.5. The van der Waals surface area contributed by atoms with Crippen molar-refractivity contribution in [3.63, 3.8) is 0 Å². The monoisotopic (exact) mass is 190 g/mol. The standard InChI is InChI=1S/C11H10O3/c1-13-14-10-7-6-8-4-2-3-5-9(8)11(10)12/h2-7,12H,1H3. The van der Waals surface area contributed by atoms with Gasteiger partial charge in [0.15, 0.2) is 5.75 Å². The summed E-state index contributed by atoms with van der Waals surface area (Å²) >= 11 is 0. The maximum Gasteiger partial charge on any atom is 0.207 e. The Balaban J connectivity index is 2.63. The fourth-order valence-corrected chi connectivity index (χ4v) is 1.39. The van der Waals surface area contributed by atoms with Crippen molar-refractivity contribution in [2.24, 2.45) is 0 Å². The summed E-state index contributed by atoms with van der Waals surface area (Å²) in [4.78, 5) is 9.29. The Kier molecular flexibility index (Phi) is 2.24. The minimum absolute atomic E-state index is 0.102. The molecule has 0 aliphatic heterocycles. The van der Waals surface area contributed by atoms with Gasteiger partial charge in [-0.1, -0.05) is 30.3 Å². The molecule has 0 saturated carbocycles. The Bertz CT molecular complexity index is 451. The topological polar surface area (TPSA) is 38.7 Å². The molecule has 0 aliphatic rings. The van der Waals surface area contributed by atoms with Crippen LogP contribution in [0.25, 0.3) is 10.8 Å². The highest BCUT2D eigenvalue weighted by atomic mass is 17.2. The number of rotatable bonds is 2. The normalized spacial score (nSPS) is 10.4. The molecule has 0 unspecified atom stereocenters. The van der Waals surface area contributed by atoms with Gasteiger partial charge in [0.05, 0.1) is 7.11 Å². The van der Waals surface area contributed by atoms with Gasteiger partial charge in [0.25, 0.3) is 0 Å². The summed E-state index contributed by atoms with van der Waals surface area (Å²) in [6.45, 7) is 0. The lowest BCUT2D eigenvalue weighted by atomic mass is 10.1. The van der Waals surface area contributed by atoms with Crippen LogP contribution >= 0.6 is 0 Å². The smallest absolute Gasteiger partial charge is 0.207 e. The molecule has 2 aromatic carbocycles. The van der Waals surface area contributed by atoms with Crippen LogP contribution in [0.15, 0.2) is 36.4 Å². The van der Waals surface area contributed by atoms with E-state index in [2.05, 4.69) is 4.89 Å². The molecule has 0 spiro atoms. The summed E-state index contributed by atoms with van der Waals surface area (Å²) in [6.07, 6.45) is 0. The van der Waals surface area contributed by atoms with Crippen LogP contribution in [-0.2, 0) is 4.89 Å². The SMILES string of the molecule is COOc1ccc2ccccc2c1O. The zero-order chi connectivity index (χ0) is 9.97. The lowest BCUT2D eigenvalue weighted by molar-refractivity contribution is -0.179. The first-order chi connectivity index (χ1) is 6.83. The first-order valence-electron chi connectivity index (χ1n) is 4.24. The number of phenolic OH excluding ortho intramolecular Hbond substituents is 1. The zero-order valence-electron chi connectivity index (χ0n) is 7.73. The molecule has 0 radical (unpaired) electrons. The van der Waals surface area contributed by atoms with Gasteiger partial charge >= 0.3 is 0 Å². The minimum Gasteiger partial charge on any atom is -0.504 e. The van der Waals surface area contributed by atoms with Crippen LogP contribution in [0.3, 0.4) is 0 Å². The van der Waals surface area contributed by atoms with Gasteiger partial charge in [-0.05, 0) is 11.5 Å². The molecule has 72 valence electrons. The van der Waals surface area contributed by atoms with E-state index >= 15 is 0 Å². The van der Waals surface area contributed by atoms with Crippen molar-refractivity contribution in [1.82, 2.24) is 0 Å². The van der Waals surface area contributed by atoms with E-state index < -0.39 is 0 Å². The van der Waals surface area contributed by atoms with E-state index in [0.717, 1.165) is 10.8 Å². The van der Waals surface area contributed by atoms with Crippen molar-refractivity contribution >= 4 is 10.8 Å². The first kappa shape index (κ1) is 8.84. The third-order valence-corrected chi connectivity index (χ3v) is 2.04. The summed E-state index contributed by atoms with van der Waals surface area (Å²) in [6, 6.07) is 11.1. The molecule has 0 bridgehead atoms. The van der Waals surface area contributed by atoms with Gasteiger partial charge in [0.2, 0.25) is 5.75 Å². The van der Waals surface area contributed by atoms with Crippen molar-refractivity contribution < 1.29 is 14.9 Å². The lowest BCUT2D eigenvalue weighted by Crippen LogP contribution is -1.90. The predicted molar refractivity (Wildman–Crippen MR) is 53.2 cm³/mol. The maximum atomic E-state index is 9.78. The molecule has 0 aliphatic carbocycles. The van der Waals surface area contributed by atoms with Gasteiger partial charge in [-0.2, -0.15) is 4.89 Å². The second-order valence-electron chi connectivity index (χ2n) is 2.88. The molecule has 2 rings (SSSR count). The molecule has 0 aromatic heterocycles. The summed E-state index contributed by atoms with van der Waals surface area (Å²) in [7, 11) is 1.40. The molecule has 0 amide bonds. The number of hydrogen-bond donors (Lipinski definition) is 1. The summed E-state index contributed by atoms with van der Waals surface area (Å²) < 4.78 is 0. The van der Waals surface area contributed by atoms with E-state index in [-0.39, 0.29) is 5.75 Å². The van der Waals surface area contributed by atoms with Crippen LogP contribution in [0.4, 0.5) is 0 Å². The van der Waals surface area contributed by atoms with Crippen molar-refractivity contribution in [3.05, 3.63) is 36.4 Å². The number of phenols is 1. The van der Waals surface area contributed by atoms with E-state index in [1.54, 1.807) is 6.07 Å². The van der Waals surface area contributed by atoms with Gasteiger partial charge < -0.3 is 9.99 Å². The van der Waals surface area contributed by atoms with Crippen molar-refractivity contribution in [1.29, 1.82) is 0 Å². The van der Waals surface area contributed by atoms with Gasteiger partial charge in [-0.3, -0.25) is 0 Å². The molecular formula is C11H10O3. The van der Waals surface area contributed by atoms with Crippen molar-refractivity contribution in [2.75, 3.05) is 7.11 Å². The van der Waals surface area contributed by atoms with Gasteiger partial charge in [0.1, 0.15) is 0 Å². The van der Waals surface area contributed by atoms with Crippen LogP contribution in [-0.4, -0.2) is 12.2 Å². The average molecular weight is 190 g/mol. The molecule has 1 N–H and O–H groups in total. The van der Waals surface area contributed by atoms with Crippen LogP contribution in [0.1, 0.15) is 0 Å². The first-order valence-corrected chi connectivity index (χ1v) is 4.24. The minimum atomic E-state index is 0.102. The van der Waals surface area contributed by atoms with Crippen LogP contribution in [0, 0.1) is 0 Å². The maximum absolute atomic E-state index is 9.78. The molecule has 0 atom stereocenters. The summed E-state index contributed by atoms with van der Waals surface area (Å²) in [5.74, 6) is 0.427. The molecule has 14 heavy (non-hydrogen) atoms. The van der Waals surface area contributed by atoms with Crippen LogP contribution < -0.4 is 4.89 Å². The van der Waals surface area contributed by atoms with Gasteiger partial charge in [-0.15, -0.1) is 0 Å². The fraction of sp³-hybridized carbons (Fsp3) is 0.0909. The molecule has 0 heterocycles. The Labute approximate surface area is 81.4 Å². The fourth-order valence-electron chi connectivity index (χ4n) is 1.39. The molecule has 2 aromatic rings. The highest BCUT2D eigenvalue weighted by Gasteiger charge is 2.06. The van der Waals surface area contributed by atoms with Crippen molar-refractivity contribution in [2.45, 2.75) is 0 Å². The molecule has 0 fully saturated rings. The number of benzene rings is 2. The number of aromatic hydroxyl groups is 1. The molecule has 3 heteroatoms. The van der Waals surface area contributed by atoms with Crippen LogP contribution in [0.5, 0.6) is 11.5 Å². The highest BCUT2D eigenvalue weighted by molar-refractivity contribution is 5.90. The zero-order valence-corrected chi connectivity index (χ0v) is 7.73. The predicted octanol–water partition coefficient (Wildman–Crippen LogP) is 2.49. The Morgan fingerprint density at radius 2 is 1.86 bits per heavy atom. The molecular weight excluding hydrogens is 180 g/mol. The van der Waals surface area contributed by atoms with Crippen LogP contribution in [0.2, 0.25) is 0 Å². The average Bonchev–Trinajstić information content (AvgIpc) is 2.23. The Morgan fingerprint density at radius 1 is 1.07 bits per heavy atom. The largest absolute Gasteiger partial charge is 0.504 e. The van der Waals surface area contributed by atoms with E-state index in [1.807, 2.05) is 30.3 Å². The highest BCUT2D eigenvalue weighted by Crippen LogP contribution is 2.34. The Morgan fingerprint density at radius 3 is 2.64 bits per heavy atom. The van der Waals surface area contributed by atoms with E-state index in [1.165, 1.54) is 7.11 Å². The summed E-state index contributed by atoms with van der Waals surface area (Å²) in [5.41, 5.74) is 0. The van der Waals surface area contributed by atoms with Gasteiger partial charge in [0, 0.05) is 5.39 Å². The number of fused-ring (bicyclic) bond motifs is 1. The number of hydrogen-bond acceptors (Lipinski definition) is 3. The van der Waals surface area contributed by atoms with E-state index in [0.29, 0.717) is 5.75 Å². The Hall–Kier alpha value is -1.74. The third kappa shape index (κ3) is 1.38. The quantitative estimate of drug-likeness (QED) is 0.584. The molecule has 3 nitrogen and oxygen atoms in total. The van der Waals surface area contributed by atoms with Crippen molar-refractivity contribution in [3.8, 4) is 11.5 Å². The third-order valence-electron chi connectivity index (χ3n) is 2.04. The van der Waals surface area contributed by atoms with Gasteiger partial charge in [-0.25, -0.2) is 0 Å². The van der Waals surface area contributed by atoms with E-state index in [9.17, 15) is 5.11 Å². The second kappa shape index (κ2) is 3.55. The molecule has 0 saturated heterocycles. The second-order valence-corrected chi connectivity index (χ2v) is 2.88. The lowest BCUT2D eigenvalue weighted by Gasteiger charge is -2.06.